The number of anilines is 1. The number of sulfone groups is 1. The molecule has 0 spiro atoms. The highest BCUT2D eigenvalue weighted by atomic mass is 79.9. The number of rotatable bonds is 6. The predicted octanol–water partition coefficient (Wildman–Crippen LogP) is 1.93. The van der Waals surface area contributed by atoms with Crippen LogP contribution in [0.25, 0.3) is 0 Å². The molecule has 0 fully saturated rings. The number of hydrogen-bond acceptors (Lipinski definition) is 4. The topological polar surface area (TPSA) is 80.3 Å². The molecule has 1 rings (SSSR count). The van der Waals surface area contributed by atoms with E-state index in [0.717, 1.165) is 11.8 Å². The molecule has 0 aliphatic heterocycles. The Morgan fingerprint density at radius 2 is 1.74 bits per heavy atom. The Hall–Kier alpha value is -0.600. The summed E-state index contributed by atoms with van der Waals surface area (Å²) in [6.45, 7) is 1.88. The molecule has 1 N–H and O–H groups in total. The van der Waals surface area contributed by atoms with Crippen molar-refractivity contribution in [2.24, 2.45) is 0 Å². The minimum Gasteiger partial charge on any atom is -0.283 e. The fourth-order valence-corrected chi connectivity index (χ4v) is 4.53. The summed E-state index contributed by atoms with van der Waals surface area (Å²) in [5.74, 6) is -0.842. The minimum atomic E-state index is -3.67. The number of hydrogen-bond donors (Lipinski definition) is 1. The van der Waals surface area contributed by atoms with Gasteiger partial charge in [0.2, 0.25) is 10.0 Å². The molecule has 0 saturated heterocycles. The van der Waals surface area contributed by atoms with E-state index in [1.807, 2.05) is 6.92 Å². The van der Waals surface area contributed by atoms with Gasteiger partial charge in [0.15, 0.2) is 0 Å². The molecule has 0 aliphatic rings. The van der Waals surface area contributed by atoms with Gasteiger partial charge in [0.25, 0.3) is 0 Å². The summed E-state index contributed by atoms with van der Waals surface area (Å²) in [6.07, 6.45) is 1.01. The van der Waals surface area contributed by atoms with E-state index in [1.165, 1.54) is 0 Å². The normalized spacial score (nSPS) is 14.1. The Morgan fingerprint density at radius 3 is 2.26 bits per heavy atom. The number of alkyl halides is 1. The molecule has 0 aliphatic carbocycles. The quantitative estimate of drug-likeness (QED) is 0.776. The standard InChI is InChI=1S/C11H16BrNO4S2/c1-9(12)10-5-3-4-6-11(10)13-19(16,17)8-7-18(2,14)15/h3-6,9,13H,7-8H2,1-2H3. The van der Waals surface area contributed by atoms with E-state index < -0.39 is 31.4 Å². The first-order valence-electron chi connectivity index (χ1n) is 5.52. The van der Waals surface area contributed by atoms with Crippen molar-refractivity contribution in [3.8, 4) is 0 Å². The minimum absolute atomic E-state index is 0.0127. The van der Waals surface area contributed by atoms with E-state index in [-0.39, 0.29) is 4.83 Å². The van der Waals surface area contributed by atoms with E-state index in [0.29, 0.717) is 5.69 Å². The van der Waals surface area contributed by atoms with Crippen molar-refractivity contribution < 1.29 is 16.8 Å². The third-order valence-corrected chi connectivity index (χ3v) is 5.35. The fraction of sp³-hybridized carbons (Fsp3) is 0.455. The Labute approximate surface area is 122 Å². The predicted molar refractivity (Wildman–Crippen MR) is 80.9 cm³/mol. The Bertz CT molecular complexity index is 638. The van der Waals surface area contributed by atoms with Crippen LogP contribution >= 0.6 is 15.9 Å². The number of para-hydroxylation sites is 1. The van der Waals surface area contributed by atoms with Gasteiger partial charge >= 0.3 is 0 Å². The average Bonchev–Trinajstić information content (AvgIpc) is 2.26. The van der Waals surface area contributed by atoms with Crippen LogP contribution in [0.3, 0.4) is 0 Å². The van der Waals surface area contributed by atoms with Crippen molar-refractivity contribution in [2.45, 2.75) is 11.8 Å². The number of nitrogens with one attached hydrogen (secondary N) is 1. The molecule has 19 heavy (non-hydrogen) atoms. The lowest BCUT2D eigenvalue weighted by Gasteiger charge is -2.13. The number of halogens is 1. The second-order valence-corrected chi connectivity index (χ2v) is 9.73. The lowest BCUT2D eigenvalue weighted by molar-refractivity contribution is 0.593. The molecular formula is C11H16BrNO4S2. The van der Waals surface area contributed by atoms with Crippen molar-refractivity contribution in [2.75, 3.05) is 22.5 Å². The van der Waals surface area contributed by atoms with Gasteiger partial charge in [0, 0.05) is 11.1 Å². The van der Waals surface area contributed by atoms with Gasteiger partial charge in [-0.1, -0.05) is 34.1 Å². The Morgan fingerprint density at radius 1 is 1.16 bits per heavy atom. The summed E-state index contributed by atoms with van der Waals surface area (Å²) in [4.78, 5) is -0.0127. The second kappa shape index (κ2) is 6.23. The van der Waals surface area contributed by atoms with E-state index >= 15 is 0 Å². The van der Waals surface area contributed by atoms with Crippen molar-refractivity contribution in [1.82, 2.24) is 0 Å². The molecule has 0 amide bonds. The van der Waals surface area contributed by atoms with Crippen molar-refractivity contribution >= 4 is 41.5 Å². The smallest absolute Gasteiger partial charge is 0.233 e. The molecule has 1 aromatic carbocycles. The van der Waals surface area contributed by atoms with Gasteiger partial charge in [0.05, 0.1) is 17.2 Å². The molecule has 0 saturated carbocycles. The summed E-state index contributed by atoms with van der Waals surface area (Å²) in [5.41, 5.74) is 1.26. The van der Waals surface area contributed by atoms with Crippen LogP contribution in [-0.2, 0) is 19.9 Å². The van der Waals surface area contributed by atoms with E-state index in [9.17, 15) is 16.8 Å². The maximum Gasteiger partial charge on any atom is 0.233 e. The number of benzene rings is 1. The van der Waals surface area contributed by atoms with Crippen LogP contribution in [0.15, 0.2) is 24.3 Å². The van der Waals surface area contributed by atoms with Crippen LogP contribution in [0.2, 0.25) is 0 Å². The first-order valence-corrected chi connectivity index (χ1v) is 10.1. The maximum absolute atomic E-state index is 11.8. The maximum atomic E-state index is 11.8. The molecule has 1 atom stereocenters. The van der Waals surface area contributed by atoms with Gasteiger partial charge in [-0.25, -0.2) is 16.8 Å². The molecule has 8 heteroatoms. The van der Waals surface area contributed by atoms with E-state index in [4.69, 9.17) is 0 Å². The van der Waals surface area contributed by atoms with Crippen molar-refractivity contribution in [3.05, 3.63) is 29.8 Å². The first-order chi connectivity index (χ1) is 8.61. The Kier molecular flexibility index (Phi) is 5.40. The zero-order chi connectivity index (χ0) is 14.7. The lowest BCUT2D eigenvalue weighted by atomic mass is 10.1. The summed E-state index contributed by atoms with van der Waals surface area (Å²) in [7, 11) is -6.98. The molecule has 0 radical (unpaired) electrons. The van der Waals surface area contributed by atoms with Crippen LogP contribution in [0.5, 0.6) is 0 Å². The highest BCUT2D eigenvalue weighted by molar-refractivity contribution is 9.09. The monoisotopic (exact) mass is 369 g/mol. The van der Waals surface area contributed by atoms with Crippen LogP contribution in [0, 0.1) is 0 Å². The molecule has 1 aromatic rings. The van der Waals surface area contributed by atoms with Crippen molar-refractivity contribution in [3.63, 3.8) is 0 Å². The molecule has 0 aromatic heterocycles. The molecule has 108 valence electrons. The van der Waals surface area contributed by atoms with Crippen LogP contribution < -0.4 is 4.72 Å². The van der Waals surface area contributed by atoms with Gasteiger partial charge in [0.1, 0.15) is 9.84 Å². The van der Waals surface area contributed by atoms with Gasteiger partial charge in [-0.15, -0.1) is 0 Å². The molecule has 5 nitrogen and oxygen atoms in total. The molecule has 1 unspecified atom stereocenters. The third-order valence-electron chi connectivity index (χ3n) is 2.38. The Balaban J connectivity index is 2.90. The fourth-order valence-electron chi connectivity index (χ4n) is 1.42. The molecule has 0 bridgehead atoms. The van der Waals surface area contributed by atoms with Gasteiger partial charge in [-0.3, -0.25) is 4.72 Å². The zero-order valence-corrected chi connectivity index (χ0v) is 13.8. The summed E-state index contributed by atoms with van der Waals surface area (Å²) < 4.78 is 48.1. The summed E-state index contributed by atoms with van der Waals surface area (Å²) in [6, 6.07) is 6.97. The van der Waals surface area contributed by atoms with E-state index in [2.05, 4.69) is 20.7 Å². The SMILES string of the molecule is CC(Br)c1ccccc1NS(=O)(=O)CCS(C)(=O)=O. The van der Waals surface area contributed by atoms with Gasteiger partial charge in [-0.05, 0) is 18.6 Å². The van der Waals surface area contributed by atoms with Crippen LogP contribution in [-0.4, -0.2) is 34.6 Å². The second-order valence-electron chi connectivity index (χ2n) is 4.25. The lowest BCUT2D eigenvalue weighted by Crippen LogP contribution is -2.23. The summed E-state index contributed by atoms with van der Waals surface area (Å²) >= 11 is 3.38. The summed E-state index contributed by atoms with van der Waals surface area (Å²) in [5, 5.41) is 0. The zero-order valence-electron chi connectivity index (χ0n) is 10.6. The molecule has 0 heterocycles. The molecular weight excluding hydrogens is 354 g/mol. The third kappa shape index (κ3) is 5.92. The highest BCUT2D eigenvalue weighted by Crippen LogP contribution is 2.29. The van der Waals surface area contributed by atoms with Gasteiger partial charge < -0.3 is 0 Å². The largest absolute Gasteiger partial charge is 0.283 e. The van der Waals surface area contributed by atoms with E-state index in [1.54, 1.807) is 24.3 Å². The number of sulfonamides is 1. The van der Waals surface area contributed by atoms with Crippen LogP contribution in [0.1, 0.15) is 17.3 Å². The first kappa shape index (κ1) is 16.5. The average molecular weight is 370 g/mol. The van der Waals surface area contributed by atoms with Crippen molar-refractivity contribution in [1.29, 1.82) is 0 Å². The highest BCUT2D eigenvalue weighted by Gasteiger charge is 2.17. The van der Waals surface area contributed by atoms with Gasteiger partial charge in [-0.2, -0.15) is 0 Å². The van der Waals surface area contributed by atoms with Crippen LogP contribution in [0.4, 0.5) is 5.69 Å².